The molecule has 3 N–H and O–H groups in total. The summed E-state index contributed by atoms with van der Waals surface area (Å²) in [5.74, 6) is -0.0130. The topological polar surface area (TPSA) is 95.9 Å². The van der Waals surface area contributed by atoms with Crippen molar-refractivity contribution in [3.8, 4) is 0 Å². The molecule has 0 aromatic rings. The number of nitrogens with one attached hydrogen (secondary N) is 1. The van der Waals surface area contributed by atoms with Crippen molar-refractivity contribution in [3.05, 3.63) is 12.2 Å². The van der Waals surface area contributed by atoms with E-state index >= 15 is 0 Å². The number of rotatable bonds is 72. The van der Waals surface area contributed by atoms with E-state index in [1.165, 1.54) is 360 Å². The Morgan fingerprint density at radius 1 is 0.329 bits per heavy atom. The van der Waals surface area contributed by atoms with Gasteiger partial charge in [-0.1, -0.05) is 386 Å². The number of amides is 1. The molecule has 0 heterocycles. The van der Waals surface area contributed by atoms with Crippen LogP contribution in [0.2, 0.25) is 0 Å². The lowest BCUT2D eigenvalue weighted by Crippen LogP contribution is -2.45. The molecule has 0 aromatic carbocycles. The summed E-state index contributed by atoms with van der Waals surface area (Å²) in [7, 11) is 0. The fraction of sp³-hybridized carbons (Fsp3) is 0.947. The SMILES string of the molecule is CCCCCCC/C=C\CCCCCCCC(=O)OCCCCCCCCCCCCCCCCCCCCCCCCCCCCCCCCC(=O)NC(CO)C(O)CCCCCCCCCCCCCCCCCCCCCCC. The third-order valence-corrected chi connectivity index (χ3v) is 18.1. The first-order valence-electron chi connectivity index (χ1n) is 37.9. The van der Waals surface area contributed by atoms with Crippen LogP contribution >= 0.6 is 0 Å². The second-order valence-corrected chi connectivity index (χ2v) is 26.3. The average molecular weight is 1160 g/mol. The molecule has 6 heteroatoms. The molecule has 2 unspecified atom stereocenters. The van der Waals surface area contributed by atoms with E-state index in [9.17, 15) is 19.8 Å². The Kier molecular flexibility index (Phi) is 70.8. The molecule has 0 aliphatic rings. The predicted molar refractivity (Wildman–Crippen MR) is 361 cm³/mol. The first-order chi connectivity index (χ1) is 40.5. The number of aliphatic hydroxyl groups is 2. The summed E-state index contributed by atoms with van der Waals surface area (Å²) in [5.41, 5.74) is 0. The highest BCUT2D eigenvalue weighted by atomic mass is 16.5. The largest absolute Gasteiger partial charge is 0.466 e. The molecule has 6 nitrogen and oxygen atoms in total. The second kappa shape index (κ2) is 72.1. The Balaban J connectivity index is 3.33. The molecule has 0 bridgehead atoms. The van der Waals surface area contributed by atoms with Crippen molar-refractivity contribution in [2.24, 2.45) is 0 Å². The van der Waals surface area contributed by atoms with Crippen molar-refractivity contribution >= 4 is 11.9 Å². The first kappa shape index (κ1) is 80.6. The fourth-order valence-electron chi connectivity index (χ4n) is 12.3. The molecule has 0 aliphatic heterocycles. The van der Waals surface area contributed by atoms with Crippen molar-refractivity contribution in [2.75, 3.05) is 13.2 Å². The van der Waals surface area contributed by atoms with Crippen molar-refractivity contribution in [1.29, 1.82) is 0 Å². The maximum atomic E-state index is 12.6. The molecular weight excluding hydrogens is 1010 g/mol. The van der Waals surface area contributed by atoms with E-state index in [1.54, 1.807) is 0 Å². The number of hydrogen-bond acceptors (Lipinski definition) is 5. The molecule has 0 aliphatic carbocycles. The van der Waals surface area contributed by atoms with Gasteiger partial charge in [-0.2, -0.15) is 0 Å². The zero-order chi connectivity index (χ0) is 59.2. The Hall–Kier alpha value is -1.40. The van der Waals surface area contributed by atoms with Crippen LogP contribution in [0.25, 0.3) is 0 Å². The van der Waals surface area contributed by atoms with Crippen LogP contribution in [0.15, 0.2) is 12.2 Å². The van der Waals surface area contributed by atoms with Gasteiger partial charge in [0.25, 0.3) is 0 Å². The molecule has 0 saturated heterocycles. The lowest BCUT2D eigenvalue weighted by atomic mass is 10.0. The molecule has 0 fully saturated rings. The van der Waals surface area contributed by atoms with E-state index in [1.807, 2.05) is 0 Å². The van der Waals surface area contributed by atoms with Crippen molar-refractivity contribution in [3.63, 3.8) is 0 Å². The lowest BCUT2D eigenvalue weighted by molar-refractivity contribution is -0.143. The van der Waals surface area contributed by atoms with Gasteiger partial charge in [-0.15, -0.1) is 0 Å². The van der Waals surface area contributed by atoms with Gasteiger partial charge in [-0.05, 0) is 51.4 Å². The summed E-state index contributed by atoms with van der Waals surface area (Å²) in [6.45, 7) is 4.99. The highest BCUT2D eigenvalue weighted by Crippen LogP contribution is 2.20. The molecular formula is C76H149NO5. The Bertz CT molecular complexity index is 1240. The highest BCUT2D eigenvalue weighted by molar-refractivity contribution is 5.76. The van der Waals surface area contributed by atoms with Gasteiger partial charge in [0, 0.05) is 12.8 Å². The summed E-state index contributed by atoms with van der Waals surface area (Å²) in [5, 5.41) is 23.4. The summed E-state index contributed by atoms with van der Waals surface area (Å²) < 4.78 is 5.49. The van der Waals surface area contributed by atoms with Gasteiger partial charge in [-0.3, -0.25) is 9.59 Å². The van der Waals surface area contributed by atoms with E-state index in [-0.39, 0.29) is 18.5 Å². The molecule has 0 aromatic heterocycles. The van der Waals surface area contributed by atoms with Gasteiger partial charge in [0.1, 0.15) is 0 Å². The fourth-order valence-corrected chi connectivity index (χ4v) is 12.3. The van der Waals surface area contributed by atoms with Gasteiger partial charge >= 0.3 is 5.97 Å². The maximum absolute atomic E-state index is 12.6. The number of allylic oxidation sites excluding steroid dienone is 2. The number of hydrogen-bond donors (Lipinski definition) is 3. The summed E-state index contributed by atoms with van der Waals surface area (Å²) in [4.78, 5) is 24.6. The van der Waals surface area contributed by atoms with Crippen LogP contribution in [0.4, 0.5) is 0 Å². The van der Waals surface area contributed by atoms with Crippen LogP contribution in [-0.2, 0) is 14.3 Å². The van der Waals surface area contributed by atoms with E-state index in [0.29, 0.717) is 25.9 Å². The van der Waals surface area contributed by atoms with Gasteiger partial charge in [0.05, 0.1) is 25.4 Å². The standard InChI is InChI=1S/C76H149NO5/c1-3-5-7-9-11-13-15-17-19-20-21-32-35-38-41-44-48-52-56-60-64-68-74(79)73(72-78)77-75(80)69-65-61-57-53-49-45-42-39-36-33-30-28-26-24-22-23-25-27-29-31-34-37-40-43-47-51-55-59-63-67-71-82-76(81)70-66-62-58-54-50-46-18-16-14-12-10-8-6-4-2/h16,18,73-74,78-79H,3-15,17,19-72H2,1-2H3,(H,77,80)/b18-16-. The number of ether oxygens (including phenoxy) is 1. The zero-order valence-corrected chi connectivity index (χ0v) is 56.0. The minimum absolute atomic E-state index is 0.0127. The maximum Gasteiger partial charge on any atom is 0.305 e. The normalized spacial score (nSPS) is 12.5. The second-order valence-electron chi connectivity index (χ2n) is 26.3. The molecule has 1 amide bonds. The molecule has 488 valence electrons. The molecule has 0 rings (SSSR count). The van der Waals surface area contributed by atoms with Gasteiger partial charge in [0.2, 0.25) is 5.91 Å². The van der Waals surface area contributed by atoms with E-state index in [2.05, 4.69) is 31.3 Å². The van der Waals surface area contributed by atoms with Crippen LogP contribution in [0, 0.1) is 0 Å². The summed E-state index contributed by atoms with van der Waals surface area (Å²) >= 11 is 0. The number of esters is 1. The zero-order valence-electron chi connectivity index (χ0n) is 56.0. The van der Waals surface area contributed by atoms with E-state index in [0.717, 1.165) is 44.9 Å². The van der Waals surface area contributed by atoms with Crippen LogP contribution in [0.3, 0.4) is 0 Å². The molecule has 0 saturated carbocycles. The molecule has 2 atom stereocenters. The Morgan fingerprint density at radius 3 is 0.866 bits per heavy atom. The minimum atomic E-state index is -0.662. The number of carbonyl (C=O) groups is 2. The third kappa shape index (κ3) is 67.7. The van der Waals surface area contributed by atoms with Crippen LogP contribution in [-0.4, -0.2) is 47.4 Å². The van der Waals surface area contributed by atoms with E-state index in [4.69, 9.17) is 4.74 Å². The Labute approximate surface area is 514 Å². The van der Waals surface area contributed by atoms with Crippen LogP contribution < -0.4 is 5.32 Å². The number of unbranched alkanes of at least 4 members (excludes halogenated alkanes) is 59. The first-order valence-corrected chi connectivity index (χ1v) is 37.9. The lowest BCUT2D eigenvalue weighted by Gasteiger charge is -2.22. The molecule has 0 spiro atoms. The molecule has 0 radical (unpaired) electrons. The smallest absolute Gasteiger partial charge is 0.305 e. The van der Waals surface area contributed by atoms with Gasteiger partial charge in [-0.25, -0.2) is 0 Å². The summed E-state index contributed by atoms with van der Waals surface area (Å²) in [6, 6.07) is -0.539. The molecule has 82 heavy (non-hydrogen) atoms. The Morgan fingerprint density at radius 2 is 0.573 bits per heavy atom. The monoisotopic (exact) mass is 1160 g/mol. The predicted octanol–water partition coefficient (Wildman–Crippen LogP) is 24.7. The van der Waals surface area contributed by atoms with E-state index < -0.39 is 12.1 Å². The number of carbonyl (C=O) groups excluding carboxylic acids is 2. The number of aliphatic hydroxyl groups excluding tert-OH is 2. The van der Waals surface area contributed by atoms with Crippen molar-refractivity contribution in [2.45, 2.75) is 450 Å². The average Bonchev–Trinajstić information content (AvgIpc) is 3.48. The van der Waals surface area contributed by atoms with Gasteiger partial charge < -0.3 is 20.3 Å². The highest BCUT2D eigenvalue weighted by Gasteiger charge is 2.20. The quantitative estimate of drug-likeness (QED) is 0.0320. The van der Waals surface area contributed by atoms with Crippen LogP contribution in [0.5, 0.6) is 0 Å². The third-order valence-electron chi connectivity index (χ3n) is 18.1. The van der Waals surface area contributed by atoms with Crippen molar-refractivity contribution in [1.82, 2.24) is 5.32 Å². The minimum Gasteiger partial charge on any atom is -0.466 e. The van der Waals surface area contributed by atoms with Gasteiger partial charge in [0.15, 0.2) is 0 Å². The van der Waals surface area contributed by atoms with Crippen LogP contribution in [0.1, 0.15) is 438 Å². The summed E-state index contributed by atoms with van der Waals surface area (Å²) in [6.07, 6.45) is 90.0. The van der Waals surface area contributed by atoms with Crippen molar-refractivity contribution < 1.29 is 24.5 Å².